The van der Waals surface area contributed by atoms with Crippen molar-refractivity contribution in [1.82, 2.24) is 0 Å². The van der Waals surface area contributed by atoms with Crippen molar-refractivity contribution in [2.24, 2.45) is 0 Å². The summed E-state index contributed by atoms with van der Waals surface area (Å²) < 4.78 is 16.2. The van der Waals surface area contributed by atoms with E-state index in [1.165, 1.54) is 0 Å². The van der Waals surface area contributed by atoms with Gasteiger partial charge in [-0.25, -0.2) is 0 Å². The molecule has 6 rings (SSSR count). The molecule has 3 aromatic rings. The van der Waals surface area contributed by atoms with Gasteiger partial charge < -0.3 is 29.7 Å². The van der Waals surface area contributed by atoms with Crippen LogP contribution in [0.5, 0.6) is 17.2 Å². The summed E-state index contributed by atoms with van der Waals surface area (Å²) in [4.78, 5) is 56.7. The number of anilines is 1. The number of carbonyl (C=O) groups is 5. The zero-order valence-corrected chi connectivity index (χ0v) is 30.0. The van der Waals surface area contributed by atoms with Gasteiger partial charge in [-0.15, -0.1) is 0 Å². The highest BCUT2D eigenvalue weighted by atomic mass is 16.5. The van der Waals surface area contributed by atoms with E-state index in [1.54, 1.807) is 66.7 Å². The molecule has 0 radical (unpaired) electrons. The first-order chi connectivity index (χ1) is 26.5. The second-order valence-electron chi connectivity index (χ2n) is 12.8. The summed E-state index contributed by atoms with van der Waals surface area (Å²) in [5.41, 5.74) is 4.97. The fraction of sp³-hybridized carbons (Fsp3) is 0.366. The molecule has 3 N–H and O–H groups in total. The maximum absolute atomic E-state index is 11.7. The molecule has 2 unspecified atom stereocenters. The summed E-state index contributed by atoms with van der Waals surface area (Å²) in [6.45, 7) is -0.376. The first-order valence-corrected chi connectivity index (χ1v) is 17.6. The number of rotatable bonds is 12. The first-order valence-electron chi connectivity index (χ1n) is 17.6. The van der Waals surface area contributed by atoms with Gasteiger partial charge in [-0.05, 0) is 49.1 Å². The number of aliphatic hydroxyl groups excluding tert-OH is 2. The Morgan fingerprint density at radius 3 is 1.73 bits per heavy atom. The summed E-state index contributed by atoms with van der Waals surface area (Å²) in [5.74, 6) is 1.05. The quantitative estimate of drug-likeness (QED) is 0.239. The zero-order valence-electron chi connectivity index (χ0n) is 30.0. The van der Waals surface area contributed by atoms with Crippen LogP contribution in [0.3, 0.4) is 0 Å². The first kappa shape index (κ1) is 41.4. The van der Waals surface area contributed by atoms with E-state index in [9.17, 15) is 34.2 Å². The van der Waals surface area contributed by atoms with Crippen LogP contribution in [0.4, 0.5) is 5.69 Å². The minimum atomic E-state index is -0.813. The highest BCUT2D eigenvalue weighted by molar-refractivity contribution is 5.99. The highest BCUT2D eigenvalue weighted by Gasteiger charge is 2.27. The van der Waals surface area contributed by atoms with Crippen molar-refractivity contribution < 1.29 is 48.4 Å². The van der Waals surface area contributed by atoms with Gasteiger partial charge in [0.15, 0.2) is 23.1 Å². The molecular formula is C41H40N4O10. The van der Waals surface area contributed by atoms with Gasteiger partial charge in [-0.1, -0.05) is 30.3 Å². The monoisotopic (exact) mass is 748 g/mol. The molecule has 3 aromatic carbocycles. The molecule has 2 aliphatic carbocycles. The number of hydrogen-bond donors (Lipinski definition) is 3. The third kappa shape index (κ3) is 12.1. The Labute approximate surface area is 317 Å². The lowest BCUT2D eigenvalue weighted by atomic mass is 9.87. The molecule has 3 aliphatic rings. The van der Waals surface area contributed by atoms with E-state index in [-0.39, 0.29) is 68.1 Å². The lowest BCUT2D eigenvalue weighted by molar-refractivity contribution is -0.120. The molecule has 55 heavy (non-hydrogen) atoms. The topological polar surface area (TPSA) is 237 Å². The van der Waals surface area contributed by atoms with Gasteiger partial charge in [-0.3, -0.25) is 24.0 Å². The van der Waals surface area contributed by atoms with E-state index >= 15 is 0 Å². The molecule has 14 heteroatoms. The predicted molar refractivity (Wildman–Crippen MR) is 195 cm³/mol. The van der Waals surface area contributed by atoms with Crippen LogP contribution in [0.25, 0.3) is 0 Å². The summed E-state index contributed by atoms with van der Waals surface area (Å²) in [5, 5.41) is 47.2. The molecule has 1 heterocycles. The number of nitrogens with zero attached hydrogens (tertiary/aromatic N) is 3. The largest absolute Gasteiger partial charge is 0.486 e. The molecule has 14 nitrogen and oxygen atoms in total. The minimum Gasteiger partial charge on any atom is -0.486 e. The van der Waals surface area contributed by atoms with Gasteiger partial charge in [-0.2, -0.15) is 15.8 Å². The van der Waals surface area contributed by atoms with Crippen LogP contribution >= 0.6 is 0 Å². The predicted octanol–water partition coefficient (Wildman–Crippen LogP) is 3.87. The normalized spacial score (nSPS) is 16.1. The van der Waals surface area contributed by atoms with Crippen LogP contribution < -0.4 is 19.5 Å². The number of ketones is 4. The average molecular weight is 749 g/mol. The van der Waals surface area contributed by atoms with E-state index in [0.29, 0.717) is 54.9 Å². The van der Waals surface area contributed by atoms with Gasteiger partial charge in [0.25, 0.3) is 0 Å². The number of Topliss-reactive ketones (excluding diaryl/α,β-unsaturated/α-hetero) is 4. The van der Waals surface area contributed by atoms with Crippen molar-refractivity contribution in [3.05, 3.63) is 82.4 Å². The maximum atomic E-state index is 11.7. The van der Waals surface area contributed by atoms with Crippen molar-refractivity contribution in [1.29, 1.82) is 15.8 Å². The number of nitrogens with one attached hydrogen (secondary N) is 1. The number of aliphatic hydroxyl groups is 2. The molecule has 0 saturated carbocycles. The Morgan fingerprint density at radius 1 is 0.636 bits per heavy atom. The second kappa shape index (κ2) is 20.7. The standard InChI is InChI=1S/C14H15NO4.C14H13NO3.C13H12N2O3/c15-5-4-10(16)8-19-14-3-1-2-9-6-12(17)13(18)7-11(9)14;15-8-7-10(16)9-18-14-6-2-3-11-12(14)4-1-5-13(11)17;14-7-6-9(16)8-18-12-3-1-2-11-10(12)4-5-13(17)15-11/h1-3,12-13,17-18H,4,6-8H2;2-3,6H,1,4-5,7,9H2;1-3H,4-6,8H2,(H,15,17). The Hall–Kier alpha value is -6.40. The van der Waals surface area contributed by atoms with Gasteiger partial charge in [0.1, 0.15) is 37.1 Å². The summed E-state index contributed by atoms with van der Waals surface area (Å²) in [6, 6.07) is 21.4. The van der Waals surface area contributed by atoms with Crippen molar-refractivity contribution in [2.45, 2.75) is 76.4 Å². The molecule has 1 amide bonds. The van der Waals surface area contributed by atoms with Crippen molar-refractivity contribution in [3.8, 4) is 35.5 Å². The molecule has 284 valence electrons. The van der Waals surface area contributed by atoms with Crippen LogP contribution in [0.1, 0.15) is 71.1 Å². The lowest BCUT2D eigenvalue weighted by Gasteiger charge is -2.27. The highest BCUT2D eigenvalue weighted by Crippen LogP contribution is 2.32. The summed E-state index contributed by atoms with van der Waals surface area (Å²) in [6.07, 6.45) is 1.85. The van der Waals surface area contributed by atoms with Crippen LogP contribution in [-0.4, -0.2) is 71.3 Å². The van der Waals surface area contributed by atoms with Gasteiger partial charge in [0, 0.05) is 53.6 Å². The third-order valence-electron chi connectivity index (χ3n) is 8.78. The van der Waals surface area contributed by atoms with Gasteiger partial charge in [0.2, 0.25) is 5.91 Å². The Balaban J connectivity index is 0.000000184. The SMILES string of the molecule is N#CCC(=O)COc1cccc2c1CC(O)C(O)C2.N#CCC(=O)COc1cccc2c1CCC(=O)N2.N#CCC(=O)COc1cccc2c1CCCC2=O. The van der Waals surface area contributed by atoms with Crippen molar-refractivity contribution >= 4 is 34.7 Å². The summed E-state index contributed by atoms with van der Waals surface area (Å²) >= 11 is 0. The molecule has 0 fully saturated rings. The molecule has 2 atom stereocenters. The molecule has 0 spiro atoms. The molecule has 0 bridgehead atoms. The molecule has 1 aliphatic heterocycles. The van der Waals surface area contributed by atoms with Crippen molar-refractivity contribution in [3.63, 3.8) is 0 Å². The van der Waals surface area contributed by atoms with Crippen molar-refractivity contribution in [2.75, 3.05) is 25.1 Å². The number of hydrogen-bond acceptors (Lipinski definition) is 13. The fourth-order valence-corrected chi connectivity index (χ4v) is 6.08. The van der Waals surface area contributed by atoms with Gasteiger partial charge in [0.05, 0.1) is 49.7 Å². The van der Waals surface area contributed by atoms with Crippen LogP contribution in [0.2, 0.25) is 0 Å². The second-order valence-corrected chi connectivity index (χ2v) is 12.8. The van der Waals surface area contributed by atoms with Crippen LogP contribution in [0, 0.1) is 34.0 Å². The maximum Gasteiger partial charge on any atom is 0.224 e. The number of benzene rings is 3. The van der Waals surface area contributed by atoms with Crippen LogP contribution in [0.15, 0.2) is 54.6 Å². The number of amides is 1. The van der Waals surface area contributed by atoms with E-state index in [4.69, 9.17) is 30.0 Å². The van der Waals surface area contributed by atoms with E-state index in [2.05, 4.69) is 5.32 Å². The number of fused-ring (bicyclic) bond motifs is 3. The lowest BCUT2D eigenvalue weighted by Crippen LogP contribution is -2.34. The number of nitriles is 3. The Morgan fingerprint density at radius 2 is 1.15 bits per heavy atom. The smallest absolute Gasteiger partial charge is 0.224 e. The van der Waals surface area contributed by atoms with E-state index < -0.39 is 12.2 Å². The Kier molecular flexibility index (Phi) is 15.6. The summed E-state index contributed by atoms with van der Waals surface area (Å²) in [7, 11) is 0. The van der Waals surface area contributed by atoms with Crippen LogP contribution in [-0.2, 0) is 44.9 Å². The van der Waals surface area contributed by atoms with Gasteiger partial charge >= 0.3 is 0 Å². The fourth-order valence-electron chi connectivity index (χ4n) is 6.08. The Bertz CT molecular complexity index is 2040. The van der Waals surface area contributed by atoms with E-state index in [0.717, 1.165) is 40.8 Å². The zero-order chi connectivity index (χ0) is 39.7. The average Bonchev–Trinajstić information content (AvgIpc) is 3.17. The minimum absolute atomic E-state index is 0.0137. The molecular weight excluding hydrogens is 708 g/mol. The molecule has 0 aromatic heterocycles. The molecule has 0 saturated heterocycles. The number of ether oxygens (including phenoxy) is 3. The third-order valence-corrected chi connectivity index (χ3v) is 8.78. The number of carbonyl (C=O) groups excluding carboxylic acids is 5. The van der Waals surface area contributed by atoms with E-state index in [1.807, 2.05) is 6.07 Å².